The highest BCUT2D eigenvalue weighted by molar-refractivity contribution is 5.96. The van der Waals surface area contributed by atoms with Crippen molar-refractivity contribution in [3.8, 4) is 40.0 Å². The molecule has 38 heavy (non-hydrogen) atoms. The zero-order valence-corrected chi connectivity index (χ0v) is 22.3. The molecule has 1 amide bonds. The normalized spacial score (nSPS) is 13.4. The van der Waals surface area contributed by atoms with Crippen molar-refractivity contribution >= 4 is 29.4 Å². The highest BCUT2D eigenvalue weighted by Gasteiger charge is 2.20. The number of piperidine rings is 1. The average Bonchev–Trinajstić information content (AvgIpc) is 3.37. The highest BCUT2D eigenvalue weighted by atomic mass is 35.5. The van der Waals surface area contributed by atoms with E-state index in [0.717, 1.165) is 37.1 Å². The zero-order valence-electron chi connectivity index (χ0n) is 21.5. The second-order valence-electron chi connectivity index (χ2n) is 9.19. The van der Waals surface area contributed by atoms with Gasteiger partial charge in [-0.1, -0.05) is 6.07 Å². The minimum Gasteiger partial charge on any atom is -0.496 e. The van der Waals surface area contributed by atoms with Gasteiger partial charge in [-0.15, -0.1) is 12.4 Å². The van der Waals surface area contributed by atoms with Crippen LogP contribution in [0.2, 0.25) is 0 Å². The van der Waals surface area contributed by atoms with E-state index in [0.29, 0.717) is 45.0 Å². The van der Waals surface area contributed by atoms with Gasteiger partial charge in [0, 0.05) is 37.5 Å². The summed E-state index contributed by atoms with van der Waals surface area (Å²) in [6, 6.07) is 16.9. The maximum absolute atomic E-state index is 12.4. The number of aromatic nitrogens is 1. The number of hydrogen-bond acceptors (Lipinski definition) is 7. The van der Waals surface area contributed by atoms with Gasteiger partial charge in [0.1, 0.15) is 34.9 Å². The molecule has 1 N–H and O–H groups in total. The lowest BCUT2D eigenvalue weighted by Crippen LogP contribution is -2.34. The van der Waals surface area contributed by atoms with Crippen molar-refractivity contribution in [1.29, 1.82) is 5.26 Å². The quantitative estimate of drug-likeness (QED) is 0.360. The summed E-state index contributed by atoms with van der Waals surface area (Å²) in [6.45, 7) is 1.83. The van der Waals surface area contributed by atoms with E-state index in [2.05, 4.69) is 16.4 Å². The fraction of sp³-hybridized carbons (Fsp3) is 0.276. The Bertz CT molecular complexity index is 1500. The molecule has 4 aromatic rings. The number of nitriles is 1. The van der Waals surface area contributed by atoms with Crippen LogP contribution in [0, 0.1) is 11.3 Å². The number of nitrogens with zero attached hydrogens (tertiary/aromatic N) is 3. The molecule has 8 nitrogen and oxygen atoms in total. The molecule has 2 aromatic carbocycles. The fourth-order valence-corrected chi connectivity index (χ4v) is 4.56. The van der Waals surface area contributed by atoms with Crippen LogP contribution in [0.1, 0.15) is 28.8 Å². The molecule has 2 aromatic heterocycles. The third kappa shape index (κ3) is 5.30. The molecule has 0 spiro atoms. The molecule has 0 bridgehead atoms. The summed E-state index contributed by atoms with van der Waals surface area (Å²) in [6.07, 6.45) is 3.66. The first kappa shape index (κ1) is 27.0. The van der Waals surface area contributed by atoms with Crippen LogP contribution < -0.4 is 14.8 Å². The summed E-state index contributed by atoms with van der Waals surface area (Å²) in [5.41, 5.74) is 4.65. The number of halogens is 1. The molecule has 1 fully saturated rings. The summed E-state index contributed by atoms with van der Waals surface area (Å²) in [5, 5.41) is 13.1. The van der Waals surface area contributed by atoms with Gasteiger partial charge in [-0.25, -0.2) is 0 Å². The van der Waals surface area contributed by atoms with Crippen molar-refractivity contribution in [2.24, 2.45) is 0 Å². The van der Waals surface area contributed by atoms with Crippen molar-refractivity contribution in [3.63, 3.8) is 0 Å². The topological polar surface area (TPSA) is 101 Å². The van der Waals surface area contributed by atoms with Crippen molar-refractivity contribution in [2.45, 2.75) is 18.9 Å². The van der Waals surface area contributed by atoms with E-state index in [9.17, 15) is 10.1 Å². The molecular weight excluding hydrogens is 504 g/mol. The Kier molecular flexibility index (Phi) is 8.20. The maximum Gasteiger partial charge on any atom is 0.253 e. The number of nitrogens with one attached hydrogen (secondary N) is 1. The number of fused-ring (bicyclic) bond motifs is 1. The molecule has 0 radical (unpaired) electrons. The molecule has 0 saturated carbocycles. The SMILES string of the molecule is COc1cc(C(=O)N(C)C)ccc1-c1cc2nccc(-c3ccc(OC4CCNCC4)c(C#N)c3)c2o1.Cl. The molecule has 0 unspecified atom stereocenters. The monoisotopic (exact) mass is 532 g/mol. The predicted molar refractivity (Wildman–Crippen MR) is 148 cm³/mol. The van der Waals surface area contributed by atoms with Crippen molar-refractivity contribution in [2.75, 3.05) is 34.3 Å². The van der Waals surface area contributed by atoms with E-state index in [1.165, 1.54) is 4.90 Å². The summed E-state index contributed by atoms with van der Waals surface area (Å²) in [5.74, 6) is 1.58. The van der Waals surface area contributed by atoms with Crippen LogP contribution in [-0.4, -0.2) is 56.2 Å². The lowest BCUT2D eigenvalue weighted by Gasteiger charge is -2.24. The molecule has 5 rings (SSSR count). The first-order valence-corrected chi connectivity index (χ1v) is 12.2. The minimum absolute atomic E-state index is 0. The highest BCUT2D eigenvalue weighted by Crippen LogP contribution is 2.38. The molecule has 9 heteroatoms. The number of hydrogen-bond donors (Lipinski definition) is 1. The van der Waals surface area contributed by atoms with Crippen LogP contribution in [0.4, 0.5) is 0 Å². The summed E-state index contributed by atoms with van der Waals surface area (Å²) in [4.78, 5) is 18.4. The van der Waals surface area contributed by atoms with Crippen LogP contribution in [-0.2, 0) is 0 Å². The number of furan rings is 1. The van der Waals surface area contributed by atoms with Gasteiger partial charge in [0.05, 0.1) is 18.2 Å². The summed E-state index contributed by atoms with van der Waals surface area (Å²) >= 11 is 0. The Morgan fingerprint density at radius 2 is 1.87 bits per heavy atom. The van der Waals surface area contributed by atoms with Crippen molar-refractivity contribution in [3.05, 3.63) is 65.9 Å². The smallest absolute Gasteiger partial charge is 0.253 e. The Morgan fingerprint density at radius 3 is 2.58 bits per heavy atom. The molecule has 1 aliphatic rings. The number of carbonyl (C=O) groups is 1. The van der Waals surface area contributed by atoms with Gasteiger partial charge in [0.2, 0.25) is 0 Å². The number of amides is 1. The molecule has 196 valence electrons. The predicted octanol–water partition coefficient (Wildman–Crippen LogP) is 5.30. The molecule has 1 aliphatic heterocycles. The van der Waals surface area contributed by atoms with E-state index < -0.39 is 0 Å². The van der Waals surface area contributed by atoms with E-state index >= 15 is 0 Å². The van der Waals surface area contributed by atoms with Crippen molar-refractivity contribution < 1.29 is 18.7 Å². The number of methoxy groups -OCH3 is 1. The van der Waals surface area contributed by atoms with Crippen LogP contribution in [0.5, 0.6) is 11.5 Å². The summed E-state index contributed by atoms with van der Waals surface area (Å²) < 4.78 is 18.0. The third-order valence-corrected chi connectivity index (χ3v) is 6.52. The molecule has 1 saturated heterocycles. The molecular formula is C29H29ClN4O4. The van der Waals surface area contributed by atoms with E-state index in [1.54, 1.807) is 39.5 Å². The number of rotatable bonds is 6. The van der Waals surface area contributed by atoms with Crippen molar-refractivity contribution in [1.82, 2.24) is 15.2 Å². The maximum atomic E-state index is 12.4. The third-order valence-electron chi connectivity index (χ3n) is 6.52. The van der Waals surface area contributed by atoms with Gasteiger partial charge in [0.25, 0.3) is 5.91 Å². The Morgan fingerprint density at radius 1 is 1.08 bits per heavy atom. The largest absolute Gasteiger partial charge is 0.496 e. The average molecular weight is 533 g/mol. The zero-order chi connectivity index (χ0) is 25.9. The van der Waals surface area contributed by atoms with Crippen LogP contribution in [0.15, 0.2) is 59.1 Å². The van der Waals surface area contributed by atoms with Gasteiger partial charge in [-0.3, -0.25) is 9.78 Å². The Labute approximate surface area is 227 Å². The minimum atomic E-state index is -0.112. The standard InChI is InChI=1S/C29H28N4O4.ClH/c1-33(2)29(34)19-4-6-23(26(15-19)35-3)27-16-24-28(37-27)22(10-13-32-24)18-5-7-25(20(14-18)17-30)36-21-8-11-31-12-9-21;/h4-7,10,13-16,21,31H,8-9,11-12H2,1-3H3;1H. The van der Waals surface area contributed by atoms with Crippen LogP contribution >= 0.6 is 12.4 Å². The second kappa shape index (κ2) is 11.5. The molecule has 0 aliphatic carbocycles. The fourth-order valence-electron chi connectivity index (χ4n) is 4.56. The van der Waals surface area contributed by atoms with Crippen LogP contribution in [0.25, 0.3) is 33.6 Å². The number of pyridine rings is 1. The van der Waals surface area contributed by atoms with Gasteiger partial charge < -0.3 is 24.1 Å². The van der Waals surface area contributed by atoms with E-state index in [1.807, 2.05) is 36.4 Å². The number of benzene rings is 2. The van der Waals surface area contributed by atoms with Crippen LogP contribution in [0.3, 0.4) is 0 Å². The van der Waals surface area contributed by atoms with Gasteiger partial charge in [-0.05, 0) is 67.9 Å². The second-order valence-corrected chi connectivity index (χ2v) is 9.19. The number of carbonyl (C=O) groups excluding carboxylic acids is 1. The first-order chi connectivity index (χ1) is 18.0. The number of ether oxygens (including phenoxy) is 2. The lowest BCUT2D eigenvalue weighted by molar-refractivity contribution is 0.0827. The first-order valence-electron chi connectivity index (χ1n) is 12.2. The molecule has 3 heterocycles. The summed E-state index contributed by atoms with van der Waals surface area (Å²) in [7, 11) is 4.98. The van der Waals surface area contributed by atoms with Gasteiger partial charge in [0.15, 0.2) is 5.58 Å². The van der Waals surface area contributed by atoms with Gasteiger partial charge in [-0.2, -0.15) is 5.26 Å². The Hall–Kier alpha value is -4.06. The molecule has 0 atom stereocenters. The van der Waals surface area contributed by atoms with Gasteiger partial charge >= 0.3 is 0 Å². The van der Waals surface area contributed by atoms with E-state index in [4.69, 9.17) is 13.9 Å². The van der Waals surface area contributed by atoms with E-state index in [-0.39, 0.29) is 24.4 Å². The lowest BCUT2D eigenvalue weighted by atomic mass is 10.0. The Balaban J connectivity index is 0.00000336.